The maximum absolute atomic E-state index is 11.2. The number of aliphatic hydroxyl groups is 1. The number of aliphatic hydroxyl groups excluding tert-OH is 1. The lowest BCUT2D eigenvalue weighted by Gasteiger charge is -2.40. The number of hydrogen-bond donors (Lipinski definition) is 1. The highest BCUT2D eigenvalue weighted by Gasteiger charge is 2.40. The third kappa shape index (κ3) is 15.7. The Kier molecular flexibility index (Phi) is 20.3. The molecule has 0 heterocycles. The molecule has 0 spiro atoms. The first kappa shape index (κ1) is 41.4. The van der Waals surface area contributed by atoms with Crippen molar-refractivity contribution in [3.8, 4) is 17.6 Å². The topological polar surface area (TPSA) is 113 Å². The molecule has 0 saturated carbocycles. The Hall–Kier alpha value is -1.60. The van der Waals surface area contributed by atoms with Crippen molar-refractivity contribution >= 4 is 8.32 Å². The van der Waals surface area contributed by atoms with Crippen molar-refractivity contribution in [2.45, 2.75) is 102 Å². The van der Waals surface area contributed by atoms with Crippen LogP contribution in [0.4, 0.5) is 0 Å². The normalized spacial score (nSPS) is 16.3. The second-order valence-corrected chi connectivity index (χ2v) is 17.0. The summed E-state index contributed by atoms with van der Waals surface area (Å²) in [5.41, 5.74) is 1.02. The summed E-state index contributed by atoms with van der Waals surface area (Å²) in [6.07, 6.45) is -3.00. The molecular weight excluding hydrogens is 600 g/mol. The first-order chi connectivity index (χ1) is 21.3. The first-order valence-corrected chi connectivity index (χ1v) is 18.2. The van der Waals surface area contributed by atoms with E-state index in [1.54, 1.807) is 21.3 Å². The molecule has 1 aromatic rings. The SMILES string of the molecule is COCO[C@H](C#CC(O)[C@@H](OCOC)[C@@H](CCOCc1ccc(OC)cc1)OC)C[C@@H](OCOC)[C@H](C)O[Si](C)(C)C(C)(C)C. The summed E-state index contributed by atoms with van der Waals surface area (Å²) in [5.74, 6) is 6.75. The molecule has 12 heteroatoms. The van der Waals surface area contributed by atoms with Gasteiger partial charge < -0.3 is 52.2 Å². The molecule has 0 fully saturated rings. The van der Waals surface area contributed by atoms with Crippen LogP contribution in [-0.2, 0) is 48.9 Å². The van der Waals surface area contributed by atoms with Crippen molar-refractivity contribution < 1.29 is 52.2 Å². The number of ether oxygens (including phenoxy) is 9. The van der Waals surface area contributed by atoms with Crippen molar-refractivity contribution in [2.24, 2.45) is 0 Å². The monoisotopic (exact) mass is 658 g/mol. The molecule has 1 N–H and O–H groups in total. The van der Waals surface area contributed by atoms with E-state index in [1.165, 1.54) is 14.2 Å². The molecule has 1 unspecified atom stereocenters. The fraction of sp³-hybridized carbons (Fsp3) is 0.758. The molecular formula is C33H58O11Si. The van der Waals surface area contributed by atoms with Gasteiger partial charge in [-0.15, -0.1) is 0 Å². The Labute approximate surface area is 272 Å². The molecule has 0 radical (unpaired) electrons. The average molecular weight is 659 g/mol. The quantitative estimate of drug-likeness (QED) is 0.0761. The van der Waals surface area contributed by atoms with E-state index >= 15 is 0 Å². The van der Waals surface area contributed by atoms with E-state index in [2.05, 4.69) is 45.7 Å². The van der Waals surface area contributed by atoms with Crippen molar-refractivity contribution in [3.05, 3.63) is 29.8 Å². The molecule has 0 bridgehead atoms. The molecule has 1 rings (SSSR count). The van der Waals surface area contributed by atoms with Crippen molar-refractivity contribution in [1.29, 1.82) is 0 Å². The second-order valence-electron chi connectivity index (χ2n) is 12.2. The van der Waals surface area contributed by atoms with Crippen LogP contribution in [0, 0.1) is 11.8 Å². The van der Waals surface area contributed by atoms with Crippen LogP contribution in [0.1, 0.15) is 46.1 Å². The van der Waals surface area contributed by atoms with Gasteiger partial charge in [0.25, 0.3) is 0 Å². The van der Waals surface area contributed by atoms with Gasteiger partial charge in [0.05, 0.1) is 32.0 Å². The third-order valence-electron chi connectivity index (χ3n) is 7.77. The van der Waals surface area contributed by atoms with Gasteiger partial charge >= 0.3 is 0 Å². The maximum atomic E-state index is 11.2. The smallest absolute Gasteiger partial charge is 0.192 e. The summed E-state index contributed by atoms with van der Waals surface area (Å²) in [4.78, 5) is 0. The van der Waals surface area contributed by atoms with E-state index in [-0.39, 0.29) is 37.6 Å². The van der Waals surface area contributed by atoms with Gasteiger partial charge in [-0.2, -0.15) is 0 Å². The van der Waals surface area contributed by atoms with Gasteiger partial charge in [-0.3, -0.25) is 0 Å². The Balaban J connectivity index is 3.03. The Morgan fingerprint density at radius 3 is 1.98 bits per heavy atom. The average Bonchev–Trinajstić information content (AvgIpc) is 3.00. The minimum Gasteiger partial charge on any atom is -0.497 e. The molecule has 0 aliphatic carbocycles. The number of rotatable bonds is 23. The van der Waals surface area contributed by atoms with Gasteiger partial charge in [0.1, 0.15) is 44.4 Å². The van der Waals surface area contributed by atoms with E-state index < -0.39 is 32.7 Å². The van der Waals surface area contributed by atoms with E-state index in [0.717, 1.165) is 11.3 Å². The molecule has 0 aromatic heterocycles. The fourth-order valence-corrected chi connectivity index (χ4v) is 5.57. The maximum Gasteiger partial charge on any atom is 0.192 e. The molecule has 0 aliphatic rings. The zero-order chi connectivity index (χ0) is 33.9. The van der Waals surface area contributed by atoms with Crippen LogP contribution in [-0.4, -0.2) is 113 Å². The second kappa shape index (κ2) is 22.1. The van der Waals surface area contributed by atoms with Crippen LogP contribution in [0.25, 0.3) is 0 Å². The van der Waals surface area contributed by atoms with Crippen molar-refractivity contribution in [3.63, 3.8) is 0 Å². The molecule has 260 valence electrons. The van der Waals surface area contributed by atoms with Crippen LogP contribution in [0.5, 0.6) is 5.75 Å². The van der Waals surface area contributed by atoms with Crippen LogP contribution in [0.2, 0.25) is 18.1 Å². The van der Waals surface area contributed by atoms with Gasteiger partial charge in [-0.1, -0.05) is 44.7 Å². The van der Waals surface area contributed by atoms with Gasteiger partial charge in [-0.25, -0.2) is 0 Å². The summed E-state index contributed by atoms with van der Waals surface area (Å²) in [7, 11) is 5.72. The van der Waals surface area contributed by atoms with Gasteiger partial charge in [-0.05, 0) is 49.2 Å². The van der Waals surface area contributed by atoms with Gasteiger partial charge in [0.15, 0.2) is 8.32 Å². The van der Waals surface area contributed by atoms with Gasteiger partial charge in [0.2, 0.25) is 0 Å². The fourth-order valence-electron chi connectivity index (χ4n) is 4.13. The minimum absolute atomic E-state index is 0.0136. The van der Waals surface area contributed by atoms with E-state index in [9.17, 15) is 5.11 Å². The van der Waals surface area contributed by atoms with Crippen molar-refractivity contribution in [2.75, 3.05) is 62.5 Å². The predicted molar refractivity (Wildman–Crippen MR) is 174 cm³/mol. The lowest BCUT2D eigenvalue weighted by Crippen LogP contribution is -2.47. The zero-order valence-electron chi connectivity index (χ0n) is 29.3. The largest absolute Gasteiger partial charge is 0.497 e. The van der Waals surface area contributed by atoms with Crippen LogP contribution in [0.15, 0.2) is 24.3 Å². The number of hydrogen-bond acceptors (Lipinski definition) is 11. The summed E-state index contributed by atoms with van der Waals surface area (Å²) in [6.45, 7) is 13.8. The summed E-state index contributed by atoms with van der Waals surface area (Å²) >= 11 is 0. The summed E-state index contributed by atoms with van der Waals surface area (Å²) < 4.78 is 56.6. The highest BCUT2D eigenvalue weighted by Crippen LogP contribution is 2.38. The molecule has 1 aromatic carbocycles. The van der Waals surface area contributed by atoms with E-state index in [4.69, 9.17) is 47.1 Å². The third-order valence-corrected chi connectivity index (χ3v) is 12.3. The molecule has 0 amide bonds. The lowest BCUT2D eigenvalue weighted by atomic mass is 10.0. The van der Waals surface area contributed by atoms with Crippen LogP contribution < -0.4 is 4.74 Å². The molecule has 45 heavy (non-hydrogen) atoms. The Morgan fingerprint density at radius 2 is 1.42 bits per heavy atom. The van der Waals surface area contributed by atoms with E-state index in [1.807, 2.05) is 31.2 Å². The summed E-state index contributed by atoms with van der Waals surface area (Å²) in [5, 5.41) is 11.2. The highest BCUT2D eigenvalue weighted by molar-refractivity contribution is 6.74. The van der Waals surface area contributed by atoms with Gasteiger partial charge in [0, 0.05) is 41.5 Å². The van der Waals surface area contributed by atoms with Crippen molar-refractivity contribution in [1.82, 2.24) is 0 Å². The zero-order valence-corrected chi connectivity index (χ0v) is 30.3. The van der Waals surface area contributed by atoms with Crippen LogP contribution in [0.3, 0.4) is 0 Å². The summed E-state index contributed by atoms with van der Waals surface area (Å²) in [6, 6.07) is 7.67. The van der Waals surface area contributed by atoms with E-state index in [0.29, 0.717) is 26.1 Å². The molecule has 0 aliphatic heterocycles. The molecule has 11 nitrogen and oxygen atoms in total. The lowest BCUT2D eigenvalue weighted by molar-refractivity contribution is -0.151. The van der Waals surface area contributed by atoms with Crippen LogP contribution >= 0.6 is 0 Å². The molecule has 6 atom stereocenters. The first-order valence-electron chi connectivity index (χ1n) is 15.2. The number of methoxy groups -OCH3 is 5. The Bertz CT molecular complexity index is 958. The molecule has 0 saturated heterocycles. The highest BCUT2D eigenvalue weighted by atomic mass is 28.4. The standard InChI is InChI=1S/C33H58O11Si/c1-25(44-45(10,11)33(2,3)4)31(42-23-36-6)20-28(41-22-35-5)16-17-29(34)32(43-24-37-7)30(39-9)18-19-40-21-26-12-14-27(38-8)15-13-26/h12-15,25,28-32,34H,18-24H2,1-11H3/t25-,28+,29?,30+,31+,32+/m0/s1. The predicted octanol–water partition coefficient (Wildman–Crippen LogP) is 4.75. The Morgan fingerprint density at radius 1 is 0.822 bits per heavy atom. The minimum atomic E-state index is -2.08. The number of benzene rings is 1.